The first-order valence-electron chi connectivity index (χ1n) is 5.53. The molecule has 0 fully saturated rings. The second kappa shape index (κ2) is 5.61. The number of thiazole rings is 1. The number of rotatable bonds is 4. The molecule has 1 N–H and O–H groups in total. The number of benzene rings is 1. The van der Waals surface area contributed by atoms with Crippen LogP contribution in [0.2, 0.25) is 0 Å². The van der Waals surface area contributed by atoms with E-state index in [1.807, 2.05) is 11.4 Å². The van der Waals surface area contributed by atoms with Crippen molar-refractivity contribution in [3.8, 4) is 6.07 Å². The van der Waals surface area contributed by atoms with Crippen molar-refractivity contribution in [2.75, 3.05) is 11.9 Å². The maximum absolute atomic E-state index is 13.0. The molecule has 3 nitrogen and oxygen atoms in total. The summed E-state index contributed by atoms with van der Waals surface area (Å²) in [5, 5.41) is 15.1. The van der Waals surface area contributed by atoms with Crippen LogP contribution in [0.5, 0.6) is 0 Å². The van der Waals surface area contributed by atoms with E-state index in [-0.39, 0.29) is 5.92 Å². The minimum atomic E-state index is -0.398. The average molecular weight is 261 g/mol. The van der Waals surface area contributed by atoms with Crippen LogP contribution in [0, 0.1) is 17.1 Å². The smallest absolute Gasteiger partial charge is 0.124 e. The Labute approximate surface area is 109 Å². The zero-order valence-corrected chi connectivity index (χ0v) is 10.7. The molecular formula is C13H12FN3S. The fourth-order valence-electron chi connectivity index (χ4n) is 1.59. The zero-order valence-electron chi connectivity index (χ0n) is 9.85. The third kappa shape index (κ3) is 2.84. The summed E-state index contributed by atoms with van der Waals surface area (Å²) in [6.07, 6.45) is 1.77. The number of anilines is 1. The standard InChI is InChI=1S/C13H12FN3S/c1-9(13-16-4-5-18-13)8-17-12-3-2-11(14)6-10(12)7-15/h2-6,9,17H,8H2,1H3. The summed E-state index contributed by atoms with van der Waals surface area (Å²) in [5.41, 5.74) is 0.976. The predicted molar refractivity (Wildman–Crippen MR) is 70.1 cm³/mol. The van der Waals surface area contributed by atoms with Crippen molar-refractivity contribution in [3.05, 3.63) is 46.2 Å². The molecule has 1 aromatic heterocycles. The SMILES string of the molecule is CC(CNc1ccc(F)cc1C#N)c1nccs1. The van der Waals surface area contributed by atoms with Gasteiger partial charge >= 0.3 is 0 Å². The summed E-state index contributed by atoms with van der Waals surface area (Å²) in [5.74, 6) is -0.147. The Kier molecular flexibility index (Phi) is 3.90. The summed E-state index contributed by atoms with van der Waals surface area (Å²) in [6.45, 7) is 2.72. The van der Waals surface area contributed by atoms with Gasteiger partial charge in [0.05, 0.1) is 16.3 Å². The number of hydrogen-bond donors (Lipinski definition) is 1. The van der Waals surface area contributed by atoms with Crippen LogP contribution in [0.4, 0.5) is 10.1 Å². The first-order valence-corrected chi connectivity index (χ1v) is 6.41. The van der Waals surface area contributed by atoms with Crippen LogP contribution in [-0.4, -0.2) is 11.5 Å². The maximum Gasteiger partial charge on any atom is 0.124 e. The molecule has 0 spiro atoms. The van der Waals surface area contributed by atoms with Crippen LogP contribution < -0.4 is 5.32 Å². The first kappa shape index (κ1) is 12.5. The van der Waals surface area contributed by atoms with E-state index in [0.717, 1.165) is 5.01 Å². The van der Waals surface area contributed by atoms with E-state index < -0.39 is 5.82 Å². The van der Waals surface area contributed by atoms with Crippen LogP contribution >= 0.6 is 11.3 Å². The molecule has 1 heterocycles. The van der Waals surface area contributed by atoms with Crippen molar-refractivity contribution in [1.29, 1.82) is 5.26 Å². The number of aromatic nitrogens is 1. The molecule has 0 amide bonds. The predicted octanol–water partition coefficient (Wildman–Crippen LogP) is 3.37. The molecule has 0 aliphatic rings. The van der Waals surface area contributed by atoms with Crippen molar-refractivity contribution in [1.82, 2.24) is 4.98 Å². The molecule has 0 radical (unpaired) electrons. The molecule has 0 saturated carbocycles. The van der Waals surface area contributed by atoms with Gasteiger partial charge in [0.25, 0.3) is 0 Å². The lowest BCUT2D eigenvalue weighted by atomic mass is 10.1. The van der Waals surface area contributed by atoms with Crippen LogP contribution in [0.3, 0.4) is 0 Å². The Morgan fingerprint density at radius 3 is 3.06 bits per heavy atom. The largest absolute Gasteiger partial charge is 0.383 e. The van der Waals surface area contributed by atoms with Crippen LogP contribution in [0.1, 0.15) is 23.4 Å². The lowest BCUT2D eigenvalue weighted by molar-refractivity contribution is 0.627. The Morgan fingerprint density at radius 1 is 1.56 bits per heavy atom. The Balaban J connectivity index is 2.05. The normalized spacial score (nSPS) is 11.8. The van der Waals surface area contributed by atoms with Crippen LogP contribution in [0.15, 0.2) is 29.8 Å². The Hall–Kier alpha value is -1.93. The first-order chi connectivity index (χ1) is 8.70. The fourth-order valence-corrected chi connectivity index (χ4v) is 2.29. The number of nitrogens with one attached hydrogen (secondary N) is 1. The molecule has 1 unspecified atom stereocenters. The van der Waals surface area contributed by atoms with Gasteiger partial charge in [-0.05, 0) is 18.2 Å². The Morgan fingerprint density at radius 2 is 2.39 bits per heavy atom. The second-order valence-corrected chi connectivity index (χ2v) is 4.88. The second-order valence-electron chi connectivity index (χ2n) is 3.95. The van der Waals surface area contributed by atoms with Gasteiger partial charge < -0.3 is 5.32 Å². The number of hydrogen-bond acceptors (Lipinski definition) is 4. The van der Waals surface area contributed by atoms with Gasteiger partial charge in [-0.2, -0.15) is 5.26 Å². The lowest BCUT2D eigenvalue weighted by Crippen LogP contribution is -2.10. The number of halogens is 1. The average Bonchev–Trinajstić information content (AvgIpc) is 2.90. The number of nitriles is 1. The van der Waals surface area contributed by atoms with Gasteiger partial charge in [-0.1, -0.05) is 6.92 Å². The van der Waals surface area contributed by atoms with Crippen LogP contribution in [0.25, 0.3) is 0 Å². The lowest BCUT2D eigenvalue weighted by Gasteiger charge is -2.12. The summed E-state index contributed by atoms with van der Waals surface area (Å²) in [7, 11) is 0. The van der Waals surface area contributed by atoms with E-state index in [1.54, 1.807) is 23.6 Å². The van der Waals surface area contributed by atoms with E-state index in [1.165, 1.54) is 12.1 Å². The van der Waals surface area contributed by atoms with Crippen molar-refractivity contribution >= 4 is 17.0 Å². The van der Waals surface area contributed by atoms with Gasteiger partial charge in [0.2, 0.25) is 0 Å². The van der Waals surface area contributed by atoms with Crippen LogP contribution in [-0.2, 0) is 0 Å². The van der Waals surface area contributed by atoms with Crippen molar-refractivity contribution in [3.63, 3.8) is 0 Å². The highest BCUT2D eigenvalue weighted by Gasteiger charge is 2.09. The van der Waals surface area contributed by atoms with E-state index in [0.29, 0.717) is 17.8 Å². The quantitative estimate of drug-likeness (QED) is 0.918. The highest BCUT2D eigenvalue weighted by Crippen LogP contribution is 2.20. The van der Waals surface area contributed by atoms with Gasteiger partial charge in [0, 0.05) is 24.0 Å². The molecule has 0 bridgehead atoms. The monoisotopic (exact) mass is 261 g/mol. The maximum atomic E-state index is 13.0. The molecule has 0 saturated heterocycles. The summed E-state index contributed by atoms with van der Waals surface area (Å²) < 4.78 is 13.0. The minimum absolute atomic E-state index is 0.251. The third-order valence-electron chi connectivity index (χ3n) is 2.57. The molecule has 92 valence electrons. The van der Waals surface area contributed by atoms with E-state index in [9.17, 15) is 4.39 Å². The van der Waals surface area contributed by atoms with Crippen molar-refractivity contribution in [2.24, 2.45) is 0 Å². The van der Waals surface area contributed by atoms with Gasteiger partial charge in [-0.3, -0.25) is 0 Å². The van der Waals surface area contributed by atoms with Gasteiger partial charge in [-0.25, -0.2) is 9.37 Å². The highest BCUT2D eigenvalue weighted by atomic mass is 32.1. The van der Waals surface area contributed by atoms with Crippen molar-refractivity contribution in [2.45, 2.75) is 12.8 Å². The highest BCUT2D eigenvalue weighted by molar-refractivity contribution is 7.09. The zero-order chi connectivity index (χ0) is 13.0. The molecule has 0 aliphatic carbocycles. The molecule has 5 heteroatoms. The van der Waals surface area contributed by atoms with Crippen molar-refractivity contribution < 1.29 is 4.39 Å². The van der Waals surface area contributed by atoms with E-state index >= 15 is 0 Å². The molecule has 1 atom stereocenters. The van der Waals surface area contributed by atoms with Gasteiger partial charge in [-0.15, -0.1) is 11.3 Å². The van der Waals surface area contributed by atoms with Gasteiger partial charge in [0.15, 0.2) is 0 Å². The number of nitrogens with zero attached hydrogens (tertiary/aromatic N) is 2. The molecule has 0 aliphatic heterocycles. The molecule has 2 rings (SSSR count). The molecule has 1 aromatic carbocycles. The van der Waals surface area contributed by atoms with Gasteiger partial charge in [0.1, 0.15) is 11.9 Å². The minimum Gasteiger partial charge on any atom is -0.383 e. The summed E-state index contributed by atoms with van der Waals surface area (Å²) >= 11 is 1.60. The third-order valence-corrected chi connectivity index (χ3v) is 3.58. The molecule has 18 heavy (non-hydrogen) atoms. The molecular weight excluding hydrogens is 249 g/mol. The summed E-state index contributed by atoms with van der Waals surface area (Å²) in [6, 6.07) is 6.14. The molecule has 2 aromatic rings. The fraction of sp³-hybridized carbons (Fsp3) is 0.231. The topological polar surface area (TPSA) is 48.7 Å². The Bertz CT molecular complexity index is 560. The van der Waals surface area contributed by atoms with E-state index in [4.69, 9.17) is 5.26 Å². The van der Waals surface area contributed by atoms with E-state index in [2.05, 4.69) is 17.2 Å². The summed E-state index contributed by atoms with van der Waals surface area (Å²) in [4.78, 5) is 4.24.